The van der Waals surface area contributed by atoms with Gasteiger partial charge in [0.25, 0.3) is 10.0 Å². The van der Waals surface area contributed by atoms with Gasteiger partial charge in [0.15, 0.2) is 0 Å². The highest BCUT2D eigenvalue weighted by atomic mass is 32.2. The summed E-state index contributed by atoms with van der Waals surface area (Å²) in [6.07, 6.45) is 1.90. The van der Waals surface area contributed by atoms with Crippen LogP contribution in [0.1, 0.15) is 18.2 Å². The molecule has 0 aliphatic heterocycles. The fraction of sp³-hybridized carbons (Fsp3) is 0.412. The van der Waals surface area contributed by atoms with Gasteiger partial charge in [0, 0.05) is 22.8 Å². The molecule has 0 saturated carbocycles. The number of nitrogens with one attached hydrogen (secondary N) is 2. The average Bonchev–Trinajstić information content (AvgIpc) is 3.03. The third kappa shape index (κ3) is 5.51. The lowest BCUT2D eigenvalue weighted by Crippen LogP contribution is -2.16. The second-order valence-electron chi connectivity index (χ2n) is 5.84. The Morgan fingerprint density at radius 3 is 2.29 bits per heavy atom. The molecule has 7 heteroatoms. The maximum absolute atomic E-state index is 12.4. The van der Waals surface area contributed by atoms with E-state index in [-0.39, 0.29) is 0 Å². The predicted octanol–water partition coefficient (Wildman–Crippen LogP) is 3.47. The summed E-state index contributed by atoms with van der Waals surface area (Å²) in [5, 5.41) is 3.33. The Bertz CT molecular complexity index is 737. The maximum Gasteiger partial charge on any atom is 0.271 e. The summed E-state index contributed by atoms with van der Waals surface area (Å²) in [7, 11) is 0.604. The number of hydrogen-bond donors (Lipinski definition) is 2. The van der Waals surface area contributed by atoms with Gasteiger partial charge in [-0.2, -0.15) is 0 Å². The topological polar surface area (TPSA) is 61.4 Å². The largest absolute Gasteiger partial charge is 0.385 e. The lowest BCUT2D eigenvalue weighted by molar-refractivity contribution is 0.405. The van der Waals surface area contributed by atoms with Crippen molar-refractivity contribution in [3.8, 4) is 0 Å². The molecule has 5 nitrogen and oxygen atoms in total. The summed E-state index contributed by atoms with van der Waals surface area (Å²) in [5.74, 6) is 0. The molecule has 24 heavy (non-hydrogen) atoms. The lowest BCUT2D eigenvalue weighted by Gasteiger charge is -2.11. The second kappa shape index (κ2) is 8.50. The minimum Gasteiger partial charge on any atom is -0.385 e. The molecule has 0 amide bonds. The number of thiophene rings is 1. The van der Waals surface area contributed by atoms with Crippen LogP contribution in [0, 0.1) is 0 Å². The summed E-state index contributed by atoms with van der Waals surface area (Å²) < 4.78 is 27.7. The molecule has 0 radical (unpaired) electrons. The number of nitrogens with zero attached hydrogens (tertiary/aromatic N) is 1. The number of hydrogen-bond acceptors (Lipinski definition) is 5. The van der Waals surface area contributed by atoms with Crippen LogP contribution in [-0.2, 0) is 16.4 Å². The molecule has 2 aromatic rings. The van der Waals surface area contributed by atoms with E-state index >= 15 is 0 Å². The molecule has 2 N–H and O–H groups in total. The molecule has 0 unspecified atom stereocenters. The number of rotatable bonds is 9. The van der Waals surface area contributed by atoms with E-state index in [9.17, 15) is 8.42 Å². The van der Waals surface area contributed by atoms with Crippen molar-refractivity contribution in [3.05, 3.63) is 41.3 Å². The van der Waals surface area contributed by atoms with Crippen molar-refractivity contribution < 1.29 is 8.42 Å². The fourth-order valence-corrected chi connectivity index (χ4v) is 4.54. The minimum atomic E-state index is -3.50. The van der Waals surface area contributed by atoms with Crippen LogP contribution in [0.3, 0.4) is 0 Å². The molecule has 0 atom stereocenters. The van der Waals surface area contributed by atoms with Crippen molar-refractivity contribution in [1.82, 2.24) is 4.90 Å². The highest BCUT2D eigenvalue weighted by molar-refractivity contribution is 7.94. The monoisotopic (exact) mass is 367 g/mol. The van der Waals surface area contributed by atoms with Gasteiger partial charge in [-0.15, -0.1) is 11.3 Å². The number of aryl methyl sites for hydroxylation is 1. The van der Waals surface area contributed by atoms with Crippen LogP contribution < -0.4 is 10.0 Å². The minimum absolute atomic E-state index is 0.352. The molecule has 0 aliphatic rings. The van der Waals surface area contributed by atoms with Gasteiger partial charge in [-0.05, 0) is 69.9 Å². The van der Waals surface area contributed by atoms with E-state index in [4.69, 9.17) is 0 Å². The number of sulfonamides is 1. The summed E-state index contributed by atoms with van der Waals surface area (Å²) in [5.41, 5.74) is 1.56. The van der Waals surface area contributed by atoms with Crippen molar-refractivity contribution in [2.45, 2.75) is 24.0 Å². The Hall–Kier alpha value is -1.57. The van der Waals surface area contributed by atoms with E-state index < -0.39 is 10.0 Å². The molecule has 1 aromatic carbocycles. The standard InChI is InChI=1S/C17H25N3O2S2/c1-4-16-10-11-17(23-16)24(21,22)19-15-8-6-14(7-9-15)18-12-5-13-20(2)3/h6-11,18-19H,4-5,12-13H2,1-3H3. The van der Waals surface area contributed by atoms with Crippen LogP contribution in [0.4, 0.5) is 11.4 Å². The quantitative estimate of drug-likeness (QED) is 0.666. The Balaban J connectivity index is 1.93. The molecule has 2 rings (SSSR count). The zero-order chi connectivity index (χ0) is 17.6. The first kappa shape index (κ1) is 18.8. The normalized spacial score (nSPS) is 11.7. The fourth-order valence-electron chi connectivity index (χ4n) is 2.18. The van der Waals surface area contributed by atoms with Gasteiger partial charge in [0.05, 0.1) is 0 Å². The maximum atomic E-state index is 12.4. The van der Waals surface area contributed by atoms with E-state index in [1.807, 2.05) is 25.1 Å². The Morgan fingerprint density at radius 2 is 1.71 bits per heavy atom. The van der Waals surface area contributed by atoms with E-state index in [2.05, 4.69) is 29.0 Å². The van der Waals surface area contributed by atoms with Gasteiger partial charge < -0.3 is 10.2 Å². The van der Waals surface area contributed by atoms with Crippen molar-refractivity contribution in [2.75, 3.05) is 37.2 Å². The average molecular weight is 368 g/mol. The summed E-state index contributed by atoms with van der Waals surface area (Å²) >= 11 is 1.31. The molecule has 1 aromatic heterocycles. The Labute approximate surface area is 148 Å². The summed E-state index contributed by atoms with van der Waals surface area (Å²) in [6.45, 7) is 3.93. The third-order valence-electron chi connectivity index (χ3n) is 3.50. The molecule has 132 valence electrons. The van der Waals surface area contributed by atoms with Gasteiger partial charge in [-0.3, -0.25) is 4.72 Å². The molecule has 0 bridgehead atoms. The first-order valence-corrected chi connectivity index (χ1v) is 10.3. The van der Waals surface area contributed by atoms with Crippen LogP contribution in [0.5, 0.6) is 0 Å². The van der Waals surface area contributed by atoms with Crippen LogP contribution in [0.25, 0.3) is 0 Å². The van der Waals surface area contributed by atoms with Crippen molar-refractivity contribution in [3.63, 3.8) is 0 Å². The smallest absolute Gasteiger partial charge is 0.271 e. The Morgan fingerprint density at radius 1 is 1.04 bits per heavy atom. The summed E-state index contributed by atoms with van der Waals surface area (Å²) in [4.78, 5) is 3.21. The van der Waals surface area contributed by atoms with Crippen molar-refractivity contribution in [1.29, 1.82) is 0 Å². The van der Waals surface area contributed by atoms with E-state index in [1.165, 1.54) is 11.3 Å². The zero-order valence-electron chi connectivity index (χ0n) is 14.4. The van der Waals surface area contributed by atoms with Gasteiger partial charge in [0.2, 0.25) is 0 Å². The lowest BCUT2D eigenvalue weighted by atomic mass is 10.3. The number of anilines is 2. The molecular weight excluding hydrogens is 342 g/mol. The van der Waals surface area contributed by atoms with Gasteiger partial charge in [0.1, 0.15) is 4.21 Å². The van der Waals surface area contributed by atoms with Crippen LogP contribution in [0.2, 0.25) is 0 Å². The van der Waals surface area contributed by atoms with Crippen LogP contribution >= 0.6 is 11.3 Å². The number of benzene rings is 1. The van der Waals surface area contributed by atoms with Crippen molar-refractivity contribution in [2.24, 2.45) is 0 Å². The molecule has 0 saturated heterocycles. The highest BCUT2D eigenvalue weighted by Crippen LogP contribution is 2.24. The summed E-state index contributed by atoms with van der Waals surface area (Å²) in [6, 6.07) is 10.9. The van der Waals surface area contributed by atoms with Crippen LogP contribution in [-0.4, -0.2) is 40.5 Å². The van der Waals surface area contributed by atoms with E-state index in [0.717, 1.165) is 36.5 Å². The van der Waals surface area contributed by atoms with Gasteiger partial charge in [-0.1, -0.05) is 6.92 Å². The third-order valence-corrected chi connectivity index (χ3v) is 6.60. The molecular formula is C17H25N3O2S2. The van der Waals surface area contributed by atoms with Crippen molar-refractivity contribution >= 4 is 32.7 Å². The predicted molar refractivity (Wildman–Crippen MR) is 103 cm³/mol. The second-order valence-corrected chi connectivity index (χ2v) is 8.92. The van der Waals surface area contributed by atoms with E-state index in [0.29, 0.717) is 9.90 Å². The SMILES string of the molecule is CCc1ccc(S(=O)(=O)Nc2ccc(NCCCN(C)C)cc2)s1. The van der Waals surface area contributed by atoms with Gasteiger partial charge in [-0.25, -0.2) is 8.42 Å². The zero-order valence-corrected chi connectivity index (χ0v) is 16.0. The molecule has 0 fully saturated rings. The Kier molecular flexibility index (Phi) is 6.65. The van der Waals surface area contributed by atoms with E-state index in [1.54, 1.807) is 18.2 Å². The molecule has 0 spiro atoms. The highest BCUT2D eigenvalue weighted by Gasteiger charge is 2.16. The first-order chi connectivity index (χ1) is 11.4. The van der Waals surface area contributed by atoms with Gasteiger partial charge >= 0.3 is 0 Å². The molecule has 1 heterocycles. The molecule has 0 aliphatic carbocycles. The first-order valence-electron chi connectivity index (χ1n) is 8.01. The van der Waals surface area contributed by atoms with Crippen LogP contribution in [0.15, 0.2) is 40.6 Å².